The molecule has 0 unspecified atom stereocenters. The molecule has 2 aromatic heterocycles. The topological polar surface area (TPSA) is 78.6 Å². The number of anilines is 1. The molecule has 4 aromatic rings. The predicted molar refractivity (Wildman–Crippen MR) is 154 cm³/mol. The van der Waals surface area contributed by atoms with Crippen molar-refractivity contribution in [3.63, 3.8) is 0 Å². The Morgan fingerprint density at radius 2 is 1.62 bits per heavy atom. The van der Waals surface area contributed by atoms with Gasteiger partial charge in [-0.3, -0.25) is 4.79 Å². The maximum Gasteiger partial charge on any atom is 0.316 e. The molecular formula is C30H33N5O3S. The fraction of sp³-hybridized carbons (Fsp3) is 0.333. The lowest BCUT2D eigenvalue weighted by Crippen LogP contribution is -2.49. The number of hydrogen-bond donors (Lipinski definition) is 0. The van der Waals surface area contributed by atoms with Crippen LogP contribution in [-0.2, 0) is 17.1 Å². The number of nitrogens with zero attached hydrogens (tertiary/aromatic N) is 5. The van der Waals surface area contributed by atoms with Gasteiger partial charge in [-0.15, -0.1) is 4.31 Å². The van der Waals surface area contributed by atoms with E-state index in [1.807, 2.05) is 71.3 Å². The molecule has 9 heteroatoms. The quantitative estimate of drug-likeness (QED) is 0.295. The minimum Gasteiger partial charge on any atom is -0.598 e. The minimum absolute atomic E-state index is 0.139. The number of ether oxygens (including phenoxy) is 1. The molecule has 8 nitrogen and oxygen atoms in total. The number of piperazine rings is 1. The Morgan fingerprint density at radius 1 is 0.923 bits per heavy atom. The summed E-state index contributed by atoms with van der Waals surface area (Å²) in [4.78, 5) is 15.7. The third-order valence-electron chi connectivity index (χ3n) is 7.58. The fourth-order valence-corrected chi connectivity index (χ4v) is 6.02. The van der Waals surface area contributed by atoms with Crippen LogP contribution in [0.2, 0.25) is 0 Å². The monoisotopic (exact) mass is 543 g/mol. The molecule has 1 atom stereocenters. The SMILES string of the molecule is CC1(COc2c(N3CCN([S@+]([O-])Cc4ccc(-n5cccc5)cc4)CC3)cnn(-c3ccccc3)c2=O)CC1. The van der Waals surface area contributed by atoms with Gasteiger partial charge in [-0.2, -0.15) is 9.78 Å². The van der Waals surface area contributed by atoms with Gasteiger partial charge in [0.25, 0.3) is 0 Å². The molecule has 0 bridgehead atoms. The molecule has 2 fully saturated rings. The molecule has 1 saturated carbocycles. The summed E-state index contributed by atoms with van der Waals surface area (Å²) in [7, 11) is 0. The Kier molecular flexibility index (Phi) is 7.20. The lowest BCUT2D eigenvalue weighted by Gasteiger charge is -2.36. The third kappa shape index (κ3) is 5.75. The number of hydrogen-bond acceptors (Lipinski definition) is 6. The van der Waals surface area contributed by atoms with E-state index < -0.39 is 11.4 Å². The van der Waals surface area contributed by atoms with Crippen LogP contribution in [-0.4, -0.2) is 56.0 Å². The van der Waals surface area contributed by atoms with E-state index in [2.05, 4.69) is 33.6 Å². The van der Waals surface area contributed by atoms with Gasteiger partial charge >= 0.3 is 5.56 Å². The second-order valence-corrected chi connectivity index (χ2v) is 12.1. The van der Waals surface area contributed by atoms with Crippen molar-refractivity contribution >= 4 is 17.0 Å². The van der Waals surface area contributed by atoms with Crippen LogP contribution in [0.25, 0.3) is 11.4 Å². The van der Waals surface area contributed by atoms with Gasteiger partial charge in [-0.05, 0) is 49.2 Å². The smallest absolute Gasteiger partial charge is 0.316 e. The van der Waals surface area contributed by atoms with Crippen molar-refractivity contribution in [1.82, 2.24) is 18.7 Å². The van der Waals surface area contributed by atoms with Gasteiger partial charge in [0.1, 0.15) is 5.69 Å². The van der Waals surface area contributed by atoms with Crippen molar-refractivity contribution < 1.29 is 9.29 Å². The van der Waals surface area contributed by atoms with E-state index in [0.29, 0.717) is 55.7 Å². The average molecular weight is 544 g/mol. The summed E-state index contributed by atoms with van der Waals surface area (Å²) in [6, 6.07) is 21.6. The molecule has 6 rings (SSSR count). The molecule has 0 N–H and O–H groups in total. The predicted octanol–water partition coefficient (Wildman–Crippen LogP) is 4.19. The second kappa shape index (κ2) is 10.9. The molecule has 39 heavy (non-hydrogen) atoms. The zero-order valence-electron chi connectivity index (χ0n) is 22.1. The van der Waals surface area contributed by atoms with Crippen molar-refractivity contribution in [3.8, 4) is 17.1 Å². The highest BCUT2D eigenvalue weighted by Crippen LogP contribution is 2.45. The number of aromatic nitrogens is 3. The van der Waals surface area contributed by atoms with E-state index in [4.69, 9.17) is 4.74 Å². The van der Waals surface area contributed by atoms with Crippen LogP contribution in [0.1, 0.15) is 25.3 Å². The first-order valence-corrected chi connectivity index (χ1v) is 14.7. The molecule has 0 radical (unpaired) electrons. The fourth-order valence-electron chi connectivity index (χ4n) is 4.78. The molecule has 2 aliphatic rings. The molecule has 1 aliphatic carbocycles. The van der Waals surface area contributed by atoms with E-state index in [1.54, 1.807) is 6.20 Å². The Morgan fingerprint density at radius 3 is 2.28 bits per heavy atom. The molecule has 0 amide bonds. The van der Waals surface area contributed by atoms with Crippen LogP contribution in [0, 0.1) is 5.41 Å². The van der Waals surface area contributed by atoms with Crippen LogP contribution in [0.15, 0.2) is 90.1 Å². The summed E-state index contributed by atoms with van der Waals surface area (Å²) in [5.74, 6) is 0.826. The molecule has 2 aromatic carbocycles. The molecule has 0 spiro atoms. The van der Waals surface area contributed by atoms with Gasteiger partial charge in [-0.25, -0.2) is 0 Å². The highest BCUT2D eigenvalue weighted by Gasteiger charge is 2.39. The zero-order chi connectivity index (χ0) is 26.8. The largest absolute Gasteiger partial charge is 0.598 e. The van der Waals surface area contributed by atoms with E-state index in [0.717, 1.165) is 24.1 Å². The van der Waals surface area contributed by atoms with E-state index in [9.17, 15) is 9.35 Å². The number of rotatable bonds is 9. The summed E-state index contributed by atoms with van der Waals surface area (Å²) >= 11 is -1.13. The molecule has 1 aliphatic heterocycles. The highest BCUT2D eigenvalue weighted by atomic mass is 32.2. The number of benzene rings is 2. The van der Waals surface area contributed by atoms with Gasteiger partial charge in [0.2, 0.25) is 5.75 Å². The van der Waals surface area contributed by atoms with Crippen molar-refractivity contribution in [2.45, 2.75) is 25.5 Å². The maximum atomic E-state index is 13.5. The summed E-state index contributed by atoms with van der Waals surface area (Å²) in [5, 5.41) is 4.49. The zero-order valence-corrected chi connectivity index (χ0v) is 22.9. The van der Waals surface area contributed by atoms with Crippen LogP contribution >= 0.6 is 0 Å². The first kappa shape index (κ1) is 25.7. The van der Waals surface area contributed by atoms with Gasteiger partial charge in [-0.1, -0.05) is 37.3 Å². The third-order valence-corrected chi connectivity index (χ3v) is 9.10. The van der Waals surface area contributed by atoms with E-state index in [1.165, 1.54) is 4.68 Å². The van der Waals surface area contributed by atoms with Crippen LogP contribution in [0.3, 0.4) is 0 Å². The molecular weight excluding hydrogens is 510 g/mol. The molecule has 1 saturated heterocycles. The van der Waals surface area contributed by atoms with Gasteiger partial charge in [0.05, 0.1) is 31.6 Å². The first-order valence-electron chi connectivity index (χ1n) is 13.4. The minimum atomic E-state index is -1.13. The van der Waals surface area contributed by atoms with E-state index in [-0.39, 0.29) is 11.0 Å². The maximum absolute atomic E-state index is 13.5. The van der Waals surface area contributed by atoms with Crippen LogP contribution < -0.4 is 15.2 Å². The van der Waals surface area contributed by atoms with E-state index >= 15 is 0 Å². The van der Waals surface area contributed by atoms with Crippen LogP contribution in [0.5, 0.6) is 5.75 Å². The van der Waals surface area contributed by atoms with Crippen molar-refractivity contribution in [1.29, 1.82) is 0 Å². The standard InChI is InChI=1S/C30H33N5O3S/c1-30(13-14-30)23-38-28-27(21-31-35(29(28)36)26-7-3-2-4-8-26)33-17-19-34(20-18-33)39(37)22-24-9-11-25(12-10-24)32-15-5-6-16-32/h2-12,15-16,21H,13-14,17-20,22-23H2,1H3/t39-/m1/s1. The summed E-state index contributed by atoms with van der Waals surface area (Å²) in [6.07, 6.45) is 7.97. The van der Waals surface area contributed by atoms with Gasteiger partial charge in [0.15, 0.2) is 5.75 Å². The summed E-state index contributed by atoms with van der Waals surface area (Å²) in [5.41, 5.74) is 3.43. The normalized spacial score (nSPS) is 17.6. The average Bonchev–Trinajstić information content (AvgIpc) is 3.45. The first-order chi connectivity index (χ1) is 19.0. The Balaban J connectivity index is 1.14. The highest BCUT2D eigenvalue weighted by molar-refractivity contribution is 7.88. The summed E-state index contributed by atoms with van der Waals surface area (Å²) < 4.78 is 24.9. The van der Waals surface area contributed by atoms with Gasteiger partial charge < -0.3 is 18.8 Å². The lowest BCUT2D eigenvalue weighted by atomic mass is 10.2. The molecule has 3 heterocycles. The lowest BCUT2D eigenvalue weighted by molar-refractivity contribution is 0.242. The summed E-state index contributed by atoms with van der Waals surface area (Å²) in [6.45, 7) is 5.25. The van der Waals surface area contributed by atoms with Crippen molar-refractivity contribution in [3.05, 3.63) is 101 Å². The number of para-hydroxylation sites is 1. The second-order valence-electron chi connectivity index (χ2n) is 10.6. The van der Waals surface area contributed by atoms with Crippen molar-refractivity contribution in [2.75, 3.05) is 37.7 Å². The van der Waals surface area contributed by atoms with Crippen LogP contribution in [0.4, 0.5) is 5.69 Å². The Bertz CT molecular complexity index is 1440. The van der Waals surface area contributed by atoms with Crippen molar-refractivity contribution in [2.24, 2.45) is 5.41 Å². The Labute approximate surface area is 231 Å². The Hall–Kier alpha value is -3.53. The van der Waals surface area contributed by atoms with Gasteiger partial charge in [0, 0.05) is 53.5 Å². The molecule has 202 valence electrons.